The quantitative estimate of drug-likeness (QED) is 0.104. The van der Waals surface area contributed by atoms with E-state index in [0.717, 1.165) is 18.4 Å². The number of imidazole rings is 1. The van der Waals surface area contributed by atoms with Crippen LogP contribution in [0.1, 0.15) is 118 Å². The maximum atomic E-state index is 12.1. The van der Waals surface area contributed by atoms with E-state index in [4.69, 9.17) is 9.47 Å². The number of thioether (sulfide) groups is 1. The van der Waals surface area contributed by atoms with Gasteiger partial charge in [-0.25, -0.2) is 9.78 Å². The predicted molar refractivity (Wildman–Crippen MR) is 157 cm³/mol. The topological polar surface area (TPSA) is 90.6 Å². The summed E-state index contributed by atoms with van der Waals surface area (Å²) in [6.07, 6.45) is 14.9. The summed E-state index contributed by atoms with van der Waals surface area (Å²) in [6.45, 7) is 4.35. The van der Waals surface area contributed by atoms with E-state index in [-0.39, 0.29) is 24.1 Å². The molecule has 0 bridgehead atoms. The van der Waals surface area contributed by atoms with Crippen LogP contribution in [0.3, 0.4) is 0 Å². The highest BCUT2D eigenvalue weighted by Gasteiger charge is 2.28. The van der Waals surface area contributed by atoms with Gasteiger partial charge < -0.3 is 19.1 Å². The number of aryl methyl sites for hydroxylation is 1. The molecule has 7 nitrogen and oxygen atoms in total. The fraction of sp³-hybridized carbons (Fsp3) is 0.645. The van der Waals surface area contributed by atoms with Gasteiger partial charge >= 0.3 is 11.9 Å². The van der Waals surface area contributed by atoms with Crippen molar-refractivity contribution in [3.05, 3.63) is 47.3 Å². The number of carbonyl (C=O) groups is 2. The Kier molecular flexibility index (Phi) is 15.9. The molecule has 0 radical (unpaired) electrons. The van der Waals surface area contributed by atoms with E-state index in [1.807, 2.05) is 12.1 Å². The van der Waals surface area contributed by atoms with E-state index in [1.165, 1.54) is 88.4 Å². The summed E-state index contributed by atoms with van der Waals surface area (Å²) in [5.41, 5.74) is 2.59. The lowest BCUT2D eigenvalue weighted by molar-refractivity contribution is -0.143. The van der Waals surface area contributed by atoms with E-state index in [1.54, 1.807) is 18.5 Å². The average Bonchev–Trinajstić information content (AvgIpc) is 3.31. The molecule has 2 atom stereocenters. The lowest BCUT2D eigenvalue weighted by atomic mass is 9.95. The molecule has 218 valence electrons. The van der Waals surface area contributed by atoms with Crippen LogP contribution in [-0.2, 0) is 27.7 Å². The van der Waals surface area contributed by atoms with Crippen LogP contribution in [-0.4, -0.2) is 46.4 Å². The number of hydrogen-bond donors (Lipinski definition) is 1. The van der Waals surface area contributed by atoms with Gasteiger partial charge in [-0.1, -0.05) is 101 Å². The van der Waals surface area contributed by atoms with Crippen LogP contribution in [0.15, 0.2) is 35.6 Å². The summed E-state index contributed by atoms with van der Waals surface area (Å²) in [7, 11) is 3.10. The molecule has 39 heavy (non-hydrogen) atoms. The number of carbonyl (C=O) groups excluding carboxylic acids is 2. The lowest BCUT2D eigenvalue weighted by Gasteiger charge is -2.25. The number of hydrogen-bond acceptors (Lipinski definition) is 7. The Morgan fingerprint density at radius 3 is 2.28 bits per heavy atom. The van der Waals surface area contributed by atoms with Crippen molar-refractivity contribution in [3.8, 4) is 0 Å². The van der Waals surface area contributed by atoms with Crippen molar-refractivity contribution in [3.63, 3.8) is 0 Å². The van der Waals surface area contributed by atoms with Crippen LogP contribution in [0.4, 0.5) is 0 Å². The third-order valence-electron chi connectivity index (χ3n) is 7.03. The zero-order valence-corrected chi connectivity index (χ0v) is 25.1. The molecule has 1 aromatic carbocycles. The van der Waals surface area contributed by atoms with Crippen molar-refractivity contribution in [2.75, 3.05) is 13.7 Å². The molecule has 2 aromatic rings. The van der Waals surface area contributed by atoms with Crippen LogP contribution < -0.4 is 0 Å². The molecule has 2 rings (SSSR count). The van der Waals surface area contributed by atoms with Crippen LogP contribution in [0, 0.1) is 0 Å². The molecule has 0 fully saturated rings. The molecule has 2 unspecified atom stereocenters. The minimum Gasteiger partial charge on any atom is -0.466 e. The van der Waals surface area contributed by atoms with Gasteiger partial charge in [-0.2, -0.15) is 0 Å². The van der Waals surface area contributed by atoms with Gasteiger partial charge in [0.1, 0.15) is 5.69 Å². The number of esters is 2. The third-order valence-corrected chi connectivity index (χ3v) is 8.44. The first-order chi connectivity index (χ1) is 18.9. The second kappa shape index (κ2) is 18.9. The number of aliphatic hydroxyl groups is 1. The summed E-state index contributed by atoms with van der Waals surface area (Å²) >= 11 is 1.40. The standard InChI is InChI=1S/C31H48N2O5S/c1-5-7-8-9-10-11-12-13-14-15-18-24-19-16-17-20-25(24)29(27(34)21-22-28(35)38-6-2)39-31-32-23-26(33(31)3)30(36)37-4/h16-17,19-20,23,27,29,34H,5-15,18,21-22H2,1-4H3. The highest BCUT2D eigenvalue weighted by molar-refractivity contribution is 7.99. The van der Waals surface area contributed by atoms with Crippen LogP contribution >= 0.6 is 11.8 Å². The molecule has 1 N–H and O–H groups in total. The highest BCUT2D eigenvalue weighted by Crippen LogP contribution is 2.40. The Morgan fingerprint density at radius 1 is 1.00 bits per heavy atom. The van der Waals surface area contributed by atoms with Crippen molar-refractivity contribution >= 4 is 23.7 Å². The van der Waals surface area contributed by atoms with E-state index >= 15 is 0 Å². The first-order valence-corrected chi connectivity index (χ1v) is 15.5. The number of aromatic nitrogens is 2. The molecule has 0 aliphatic rings. The van der Waals surface area contributed by atoms with Crippen molar-refractivity contribution in [1.82, 2.24) is 9.55 Å². The molecular formula is C31H48N2O5S. The second-order valence-electron chi connectivity index (χ2n) is 10.1. The summed E-state index contributed by atoms with van der Waals surface area (Å²) in [5.74, 6) is -0.776. The van der Waals surface area contributed by atoms with Crippen LogP contribution in [0.2, 0.25) is 0 Å². The molecular weight excluding hydrogens is 512 g/mol. The molecule has 1 aromatic heterocycles. The van der Waals surface area contributed by atoms with E-state index in [2.05, 4.69) is 24.0 Å². The average molecular weight is 561 g/mol. The number of nitrogens with zero attached hydrogens (tertiary/aromatic N) is 2. The van der Waals surface area contributed by atoms with Gasteiger partial charge in [0.2, 0.25) is 0 Å². The predicted octanol–water partition coefficient (Wildman–Crippen LogP) is 7.21. The SMILES string of the molecule is CCCCCCCCCCCCc1ccccc1C(Sc1ncc(C(=O)OC)n1C)C(O)CCC(=O)OCC. The van der Waals surface area contributed by atoms with Gasteiger partial charge in [0.15, 0.2) is 5.16 Å². The number of ether oxygens (including phenoxy) is 2. The van der Waals surface area contributed by atoms with Gasteiger partial charge in [-0.05, 0) is 37.3 Å². The Balaban J connectivity index is 2.08. The van der Waals surface area contributed by atoms with E-state index in [0.29, 0.717) is 17.5 Å². The molecule has 1 heterocycles. The van der Waals surface area contributed by atoms with Gasteiger partial charge in [0.05, 0.1) is 31.3 Å². The summed E-state index contributed by atoms with van der Waals surface area (Å²) < 4.78 is 11.6. The monoisotopic (exact) mass is 560 g/mol. The molecule has 0 saturated heterocycles. The number of rotatable bonds is 20. The van der Waals surface area contributed by atoms with Gasteiger partial charge in [-0.15, -0.1) is 0 Å². The molecule has 8 heteroatoms. The minimum atomic E-state index is -0.799. The van der Waals surface area contributed by atoms with Crippen molar-refractivity contribution in [2.45, 2.75) is 114 Å². The fourth-order valence-electron chi connectivity index (χ4n) is 4.75. The first-order valence-electron chi connectivity index (χ1n) is 14.6. The van der Waals surface area contributed by atoms with Gasteiger partial charge in [0, 0.05) is 13.5 Å². The number of benzene rings is 1. The second-order valence-corrected chi connectivity index (χ2v) is 11.2. The molecule has 0 saturated carbocycles. The Labute approximate surface area is 239 Å². The summed E-state index contributed by atoms with van der Waals surface area (Å²) in [4.78, 5) is 28.5. The third kappa shape index (κ3) is 11.4. The number of aliphatic hydroxyl groups excluding tert-OH is 1. The van der Waals surface area contributed by atoms with E-state index in [9.17, 15) is 14.7 Å². The Bertz CT molecular complexity index is 993. The number of unbranched alkanes of at least 4 members (excludes halogenated alkanes) is 9. The minimum absolute atomic E-state index is 0.140. The smallest absolute Gasteiger partial charge is 0.356 e. The molecule has 0 spiro atoms. The zero-order valence-electron chi connectivity index (χ0n) is 24.3. The fourth-order valence-corrected chi connectivity index (χ4v) is 6.00. The summed E-state index contributed by atoms with van der Waals surface area (Å²) in [5, 5.41) is 11.6. The Hall–Kier alpha value is -2.32. The highest BCUT2D eigenvalue weighted by atomic mass is 32.2. The molecule has 0 aliphatic carbocycles. The molecule has 0 amide bonds. The largest absolute Gasteiger partial charge is 0.466 e. The van der Waals surface area contributed by atoms with Crippen LogP contribution in [0.25, 0.3) is 0 Å². The first kappa shape index (κ1) is 32.9. The van der Waals surface area contributed by atoms with Crippen LogP contribution in [0.5, 0.6) is 0 Å². The summed E-state index contributed by atoms with van der Waals surface area (Å²) in [6, 6.07) is 8.22. The maximum absolute atomic E-state index is 12.1. The van der Waals surface area contributed by atoms with Crippen molar-refractivity contribution in [2.24, 2.45) is 7.05 Å². The van der Waals surface area contributed by atoms with E-state index < -0.39 is 12.1 Å². The Morgan fingerprint density at radius 2 is 1.64 bits per heavy atom. The maximum Gasteiger partial charge on any atom is 0.356 e. The van der Waals surface area contributed by atoms with Crippen molar-refractivity contribution < 1.29 is 24.2 Å². The lowest BCUT2D eigenvalue weighted by Crippen LogP contribution is -2.20. The van der Waals surface area contributed by atoms with Gasteiger partial charge in [-0.3, -0.25) is 4.79 Å². The zero-order chi connectivity index (χ0) is 28.5. The van der Waals surface area contributed by atoms with Crippen molar-refractivity contribution in [1.29, 1.82) is 0 Å². The molecule has 0 aliphatic heterocycles. The van der Waals surface area contributed by atoms with Gasteiger partial charge in [0.25, 0.3) is 0 Å². The normalized spacial score (nSPS) is 12.7. The number of methoxy groups -OCH3 is 1.